The summed E-state index contributed by atoms with van der Waals surface area (Å²) >= 11 is -4.88. The van der Waals surface area contributed by atoms with Crippen LogP contribution in [-0.2, 0) is 7.57 Å². The number of rotatable bonds is 1. The second kappa shape index (κ2) is 3.91. The van der Waals surface area contributed by atoms with E-state index in [4.69, 9.17) is 8.19 Å². The van der Waals surface area contributed by atoms with E-state index in [0.29, 0.717) is 0 Å². The molecule has 0 spiro atoms. The zero-order valence-corrected chi connectivity index (χ0v) is 4.61. The third kappa shape index (κ3) is 10.9. The Kier molecular flexibility index (Phi) is 6.06. The van der Waals surface area contributed by atoms with Gasteiger partial charge in [-0.2, -0.15) is 0 Å². The Labute approximate surface area is 59.3 Å². The molecule has 0 saturated carbocycles. The van der Waals surface area contributed by atoms with Crippen molar-refractivity contribution < 1.29 is 15.8 Å². The molecular formula is H6AsMgNO4. The minimum Gasteiger partial charge on any atom is 0.316 e. The van der Waals surface area contributed by atoms with E-state index in [1.807, 2.05) is 0 Å². The summed E-state index contributed by atoms with van der Waals surface area (Å²) in [6.45, 7) is 0. The van der Waals surface area contributed by atoms with Gasteiger partial charge in [0.2, 0.25) is 0 Å². The summed E-state index contributed by atoms with van der Waals surface area (Å²) in [6.07, 6.45) is 0. The van der Waals surface area contributed by atoms with Crippen LogP contribution in [0.15, 0.2) is 0 Å². The Hall–Kier alpha value is 0.965. The molecule has 0 aromatic carbocycles. The summed E-state index contributed by atoms with van der Waals surface area (Å²) in [5.41, 5.74) is 0. The minimum atomic E-state index is -4.88. The SMILES string of the molecule is NO[As](=O)(O)O.[MgH2]. The van der Waals surface area contributed by atoms with Crippen LogP contribution >= 0.6 is 0 Å². The first-order valence-corrected chi connectivity index (χ1v) is 4.21. The smallest absolute Gasteiger partial charge is 0.316 e. The molecule has 0 saturated heterocycles. The first-order chi connectivity index (χ1) is 2.56. The Morgan fingerprint density at radius 1 is 1.57 bits per heavy atom. The molecular weight excluding hydrogens is 177 g/mol. The number of hydrogen-bond acceptors (Lipinski definition) is 3. The zero-order chi connectivity index (χ0) is 5.21. The molecule has 0 aromatic rings. The summed E-state index contributed by atoms with van der Waals surface area (Å²) in [7, 11) is 0. The van der Waals surface area contributed by atoms with Crippen molar-refractivity contribution in [2.45, 2.75) is 0 Å². The summed E-state index contributed by atoms with van der Waals surface area (Å²) in [6, 6.07) is 0. The van der Waals surface area contributed by atoms with Gasteiger partial charge in [-0.15, -0.1) is 0 Å². The van der Waals surface area contributed by atoms with Gasteiger partial charge in [-0.25, -0.2) is 0 Å². The van der Waals surface area contributed by atoms with Crippen molar-refractivity contribution in [1.82, 2.24) is 0 Å². The molecule has 0 rings (SSSR count). The molecule has 0 radical (unpaired) electrons. The fourth-order valence-corrected chi connectivity index (χ4v) is 0. The zero-order valence-electron chi connectivity index (χ0n) is 2.74. The Balaban J connectivity index is 0. The average molecular weight is 183 g/mol. The van der Waals surface area contributed by atoms with Crippen LogP contribution < -0.4 is 5.90 Å². The van der Waals surface area contributed by atoms with E-state index in [1.54, 1.807) is 0 Å². The van der Waals surface area contributed by atoms with Crippen molar-refractivity contribution in [2.24, 2.45) is 5.90 Å². The van der Waals surface area contributed by atoms with Gasteiger partial charge in [-0.3, -0.25) is 0 Å². The molecule has 0 unspecified atom stereocenters. The predicted molar refractivity (Wildman–Crippen MR) is 24.7 cm³/mol. The van der Waals surface area contributed by atoms with E-state index >= 15 is 0 Å². The molecule has 0 heterocycles. The van der Waals surface area contributed by atoms with Crippen LogP contribution in [0.25, 0.3) is 0 Å². The molecule has 0 aromatic heterocycles. The van der Waals surface area contributed by atoms with E-state index < -0.39 is 14.5 Å². The first-order valence-electron chi connectivity index (χ1n) is 1.00. The van der Waals surface area contributed by atoms with Crippen molar-refractivity contribution in [3.05, 3.63) is 0 Å². The van der Waals surface area contributed by atoms with E-state index in [9.17, 15) is 3.74 Å². The standard InChI is InChI=1S/AsH4NO4.Mg.2H/c2-6-1(3,4)5;;;/h2H2,(H2,3,4,5);;;. The molecule has 0 amide bonds. The molecule has 0 atom stereocenters. The molecule has 0 fully saturated rings. The summed E-state index contributed by atoms with van der Waals surface area (Å²) in [5.74, 6) is 4.07. The third-order valence-corrected chi connectivity index (χ3v) is 0.714. The Bertz CT molecular complexity index is 75.8. The monoisotopic (exact) mass is 183 g/mol. The van der Waals surface area contributed by atoms with Gasteiger partial charge >= 0.3 is 59.2 Å². The second-order valence-corrected chi connectivity index (χ2v) is 3.10. The molecule has 0 aliphatic heterocycles. The van der Waals surface area contributed by atoms with Crippen LogP contribution in [0.1, 0.15) is 0 Å². The van der Waals surface area contributed by atoms with Crippen LogP contribution in [0, 0.1) is 0 Å². The molecule has 7 heavy (non-hydrogen) atoms. The molecule has 0 aliphatic rings. The predicted octanol–water partition coefficient (Wildman–Crippen LogP) is -3.19. The van der Waals surface area contributed by atoms with E-state index in [1.165, 1.54) is 0 Å². The normalized spacial score (nSPS) is 10.1. The summed E-state index contributed by atoms with van der Waals surface area (Å²) < 4.78 is 27.9. The van der Waals surface area contributed by atoms with E-state index in [2.05, 4.69) is 9.72 Å². The van der Waals surface area contributed by atoms with Crippen LogP contribution in [0.2, 0.25) is 0 Å². The van der Waals surface area contributed by atoms with Crippen molar-refractivity contribution in [1.29, 1.82) is 0 Å². The van der Waals surface area contributed by atoms with Gasteiger partial charge in [-0.05, 0) is 0 Å². The molecule has 0 aliphatic carbocycles. The largest absolute Gasteiger partial charge is 0.316 e. The van der Waals surface area contributed by atoms with Crippen molar-refractivity contribution in [3.8, 4) is 0 Å². The fraction of sp³-hybridized carbons (Fsp3) is 0. The number of hydrogen-bond donors (Lipinski definition) is 3. The molecule has 0 bridgehead atoms. The van der Waals surface area contributed by atoms with Crippen molar-refractivity contribution in [3.63, 3.8) is 0 Å². The van der Waals surface area contributed by atoms with Gasteiger partial charge in [0.1, 0.15) is 0 Å². The van der Waals surface area contributed by atoms with Crippen LogP contribution in [0.4, 0.5) is 0 Å². The molecule has 5 nitrogen and oxygen atoms in total. The maximum atomic E-state index is 9.41. The number of nitrogens with two attached hydrogens (primary N) is 1. The summed E-state index contributed by atoms with van der Waals surface area (Å²) in [5, 5.41) is 0. The average Bonchev–Trinajstić information content (AvgIpc) is 1.35. The van der Waals surface area contributed by atoms with Gasteiger partial charge in [0.25, 0.3) is 0 Å². The van der Waals surface area contributed by atoms with Gasteiger partial charge < -0.3 is 0 Å². The van der Waals surface area contributed by atoms with Crippen molar-refractivity contribution >= 4 is 37.6 Å². The topological polar surface area (TPSA) is 92.8 Å². The molecule has 7 heteroatoms. The van der Waals surface area contributed by atoms with Gasteiger partial charge in [0, 0.05) is 0 Å². The minimum absolute atomic E-state index is 0. The second-order valence-electron chi connectivity index (χ2n) is 0.596. The van der Waals surface area contributed by atoms with Gasteiger partial charge in [0.05, 0.1) is 0 Å². The quantitative estimate of drug-likeness (QED) is 0.294. The molecule has 4 N–H and O–H groups in total. The summed E-state index contributed by atoms with van der Waals surface area (Å²) in [4.78, 5) is 0. The Morgan fingerprint density at radius 3 is 1.71 bits per heavy atom. The Morgan fingerprint density at radius 2 is 1.71 bits per heavy atom. The fourth-order valence-electron chi connectivity index (χ4n) is 0. The van der Waals surface area contributed by atoms with Gasteiger partial charge in [0.15, 0.2) is 0 Å². The van der Waals surface area contributed by atoms with Crippen LogP contribution in [0.5, 0.6) is 0 Å². The first kappa shape index (κ1) is 10.9. The van der Waals surface area contributed by atoms with Gasteiger partial charge in [-0.1, -0.05) is 0 Å². The van der Waals surface area contributed by atoms with E-state index in [0.717, 1.165) is 0 Å². The van der Waals surface area contributed by atoms with Crippen LogP contribution in [0.3, 0.4) is 0 Å². The van der Waals surface area contributed by atoms with Crippen LogP contribution in [-0.4, -0.2) is 45.8 Å². The van der Waals surface area contributed by atoms with E-state index in [-0.39, 0.29) is 23.1 Å². The maximum absolute atomic E-state index is 9.41. The molecule has 42 valence electrons. The van der Waals surface area contributed by atoms with Crippen molar-refractivity contribution in [2.75, 3.05) is 0 Å². The third-order valence-electron chi connectivity index (χ3n) is 0.137. The maximum Gasteiger partial charge on any atom is 0.316 e.